The van der Waals surface area contributed by atoms with Crippen LogP contribution in [0.3, 0.4) is 0 Å². The van der Waals surface area contributed by atoms with Gasteiger partial charge in [-0.1, -0.05) is 13.8 Å². The smallest absolute Gasteiger partial charge is 0.222 e. The van der Waals surface area contributed by atoms with Gasteiger partial charge in [0.25, 0.3) is 0 Å². The van der Waals surface area contributed by atoms with Gasteiger partial charge in [-0.05, 0) is 5.92 Å². The SMILES string of the molecule is CNc1ncc(CCl)c(C(C)C)n1. The topological polar surface area (TPSA) is 37.8 Å². The lowest BCUT2D eigenvalue weighted by Crippen LogP contribution is -2.04. The van der Waals surface area contributed by atoms with Gasteiger partial charge in [0.1, 0.15) is 0 Å². The Morgan fingerprint density at radius 2 is 2.23 bits per heavy atom. The highest BCUT2D eigenvalue weighted by molar-refractivity contribution is 6.17. The summed E-state index contributed by atoms with van der Waals surface area (Å²) in [5.74, 6) is 1.50. The highest BCUT2D eigenvalue weighted by Crippen LogP contribution is 2.19. The molecule has 1 N–H and O–H groups in total. The number of halogens is 1. The van der Waals surface area contributed by atoms with Crippen molar-refractivity contribution >= 4 is 17.5 Å². The second-order valence-corrected chi connectivity index (χ2v) is 3.41. The summed E-state index contributed by atoms with van der Waals surface area (Å²) >= 11 is 5.77. The van der Waals surface area contributed by atoms with Crippen LogP contribution in [0.25, 0.3) is 0 Å². The van der Waals surface area contributed by atoms with Gasteiger partial charge < -0.3 is 5.32 Å². The molecule has 0 unspecified atom stereocenters. The second kappa shape index (κ2) is 4.42. The van der Waals surface area contributed by atoms with Gasteiger partial charge in [0, 0.05) is 18.8 Å². The van der Waals surface area contributed by atoms with E-state index in [1.807, 2.05) is 0 Å². The third kappa shape index (κ3) is 2.31. The number of nitrogens with one attached hydrogen (secondary N) is 1. The minimum atomic E-state index is 0.379. The fourth-order valence-electron chi connectivity index (χ4n) is 1.14. The molecule has 4 heteroatoms. The molecule has 1 rings (SSSR count). The van der Waals surface area contributed by atoms with Crippen LogP contribution in [-0.4, -0.2) is 17.0 Å². The summed E-state index contributed by atoms with van der Waals surface area (Å²) in [6.45, 7) is 4.19. The molecule has 13 heavy (non-hydrogen) atoms. The highest BCUT2D eigenvalue weighted by Gasteiger charge is 2.08. The Morgan fingerprint density at radius 3 is 2.69 bits per heavy atom. The first kappa shape index (κ1) is 10.3. The number of alkyl halides is 1. The van der Waals surface area contributed by atoms with Crippen molar-refractivity contribution in [3.8, 4) is 0 Å². The Kier molecular flexibility index (Phi) is 3.48. The van der Waals surface area contributed by atoms with Crippen LogP contribution >= 0.6 is 11.6 Å². The number of anilines is 1. The standard InChI is InChI=1S/C9H14ClN3/c1-6(2)8-7(4-10)5-12-9(11-3)13-8/h5-6H,4H2,1-3H3,(H,11,12,13). The Bertz CT molecular complexity index is 286. The first-order valence-electron chi connectivity index (χ1n) is 4.28. The third-order valence-electron chi connectivity index (χ3n) is 1.81. The Balaban J connectivity index is 3.10. The largest absolute Gasteiger partial charge is 0.357 e. The third-order valence-corrected chi connectivity index (χ3v) is 2.10. The lowest BCUT2D eigenvalue weighted by molar-refractivity contribution is 0.801. The number of hydrogen-bond donors (Lipinski definition) is 1. The fraction of sp³-hybridized carbons (Fsp3) is 0.556. The number of hydrogen-bond acceptors (Lipinski definition) is 3. The fourth-order valence-corrected chi connectivity index (χ4v) is 1.35. The van der Waals surface area contributed by atoms with Gasteiger partial charge >= 0.3 is 0 Å². The zero-order valence-electron chi connectivity index (χ0n) is 8.13. The van der Waals surface area contributed by atoms with Crippen LogP contribution in [-0.2, 0) is 5.88 Å². The molecular weight excluding hydrogens is 186 g/mol. The molecule has 0 aliphatic heterocycles. The van der Waals surface area contributed by atoms with Crippen molar-refractivity contribution in [2.24, 2.45) is 0 Å². The molecular formula is C9H14ClN3. The Labute approximate surface area is 83.5 Å². The van der Waals surface area contributed by atoms with Gasteiger partial charge in [0.15, 0.2) is 0 Å². The average molecular weight is 200 g/mol. The van der Waals surface area contributed by atoms with Crippen molar-refractivity contribution < 1.29 is 0 Å². The van der Waals surface area contributed by atoms with Gasteiger partial charge in [0.2, 0.25) is 5.95 Å². The maximum absolute atomic E-state index is 5.77. The van der Waals surface area contributed by atoms with Crippen molar-refractivity contribution in [3.05, 3.63) is 17.5 Å². The number of aromatic nitrogens is 2. The quantitative estimate of drug-likeness (QED) is 0.760. The molecule has 0 saturated carbocycles. The molecule has 1 heterocycles. The van der Waals surface area contributed by atoms with E-state index in [0.29, 0.717) is 17.7 Å². The van der Waals surface area contributed by atoms with E-state index in [2.05, 4.69) is 29.1 Å². The molecule has 0 aliphatic carbocycles. The maximum Gasteiger partial charge on any atom is 0.222 e. The molecule has 0 radical (unpaired) electrons. The van der Waals surface area contributed by atoms with E-state index in [1.54, 1.807) is 13.2 Å². The molecule has 0 atom stereocenters. The molecule has 1 aromatic heterocycles. The number of nitrogens with zero attached hydrogens (tertiary/aromatic N) is 2. The first-order chi connectivity index (χ1) is 6.19. The van der Waals surface area contributed by atoms with Crippen molar-refractivity contribution in [3.63, 3.8) is 0 Å². The van der Waals surface area contributed by atoms with Crippen molar-refractivity contribution in [1.82, 2.24) is 9.97 Å². The van der Waals surface area contributed by atoms with E-state index in [-0.39, 0.29) is 0 Å². The normalized spacial score (nSPS) is 10.5. The van der Waals surface area contributed by atoms with Gasteiger partial charge in [-0.2, -0.15) is 0 Å². The van der Waals surface area contributed by atoms with E-state index in [9.17, 15) is 0 Å². The zero-order valence-corrected chi connectivity index (χ0v) is 8.89. The van der Waals surface area contributed by atoms with Crippen molar-refractivity contribution in [2.75, 3.05) is 12.4 Å². The number of rotatable bonds is 3. The predicted molar refractivity (Wildman–Crippen MR) is 55.2 cm³/mol. The summed E-state index contributed by atoms with van der Waals surface area (Å²) in [6, 6.07) is 0. The molecule has 0 bridgehead atoms. The van der Waals surface area contributed by atoms with Gasteiger partial charge in [-0.15, -0.1) is 11.6 Å². The van der Waals surface area contributed by atoms with Crippen LogP contribution in [0, 0.1) is 0 Å². The van der Waals surface area contributed by atoms with E-state index in [4.69, 9.17) is 11.6 Å². The van der Waals surface area contributed by atoms with Crippen LogP contribution in [0.15, 0.2) is 6.20 Å². The van der Waals surface area contributed by atoms with Crippen LogP contribution < -0.4 is 5.32 Å². The molecule has 0 saturated heterocycles. The van der Waals surface area contributed by atoms with Gasteiger partial charge in [-0.3, -0.25) is 0 Å². The monoisotopic (exact) mass is 199 g/mol. The second-order valence-electron chi connectivity index (χ2n) is 3.14. The van der Waals surface area contributed by atoms with Crippen LogP contribution in [0.1, 0.15) is 31.0 Å². The molecule has 0 fully saturated rings. The highest BCUT2D eigenvalue weighted by atomic mass is 35.5. The maximum atomic E-state index is 5.77. The van der Waals surface area contributed by atoms with E-state index >= 15 is 0 Å². The van der Waals surface area contributed by atoms with E-state index in [1.165, 1.54) is 0 Å². The molecule has 0 aliphatic rings. The summed E-state index contributed by atoms with van der Waals surface area (Å²) in [4.78, 5) is 8.46. The minimum Gasteiger partial charge on any atom is -0.357 e. The summed E-state index contributed by atoms with van der Waals surface area (Å²) in [6.07, 6.45) is 1.78. The van der Waals surface area contributed by atoms with E-state index in [0.717, 1.165) is 11.3 Å². The van der Waals surface area contributed by atoms with Gasteiger partial charge in [-0.25, -0.2) is 9.97 Å². The first-order valence-corrected chi connectivity index (χ1v) is 4.82. The Morgan fingerprint density at radius 1 is 1.54 bits per heavy atom. The van der Waals surface area contributed by atoms with Crippen LogP contribution in [0.4, 0.5) is 5.95 Å². The average Bonchev–Trinajstić information content (AvgIpc) is 2.16. The minimum absolute atomic E-state index is 0.379. The molecule has 72 valence electrons. The Hall–Kier alpha value is -0.830. The molecule has 0 amide bonds. The van der Waals surface area contributed by atoms with Crippen LogP contribution in [0.2, 0.25) is 0 Å². The molecule has 1 aromatic rings. The zero-order chi connectivity index (χ0) is 9.84. The van der Waals surface area contributed by atoms with Crippen LogP contribution in [0.5, 0.6) is 0 Å². The van der Waals surface area contributed by atoms with Gasteiger partial charge in [0.05, 0.1) is 11.6 Å². The predicted octanol–water partition coefficient (Wildman–Crippen LogP) is 2.38. The summed E-state index contributed by atoms with van der Waals surface area (Å²) in [7, 11) is 1.81. The van der Waals surface area contributed by atoms with Crippen molar-refractivity contribution in [2.45, 2.75) is 25.6 Å². The van der Waals surface area contributed by atoms with E-state index < -0.39 is 0 Å². The summed E-state index contributed by atoms with van der Waals surface area (Å²) in [5.41, 5.74) is 2.03. The lowest BCUT2D eigenvalue weighted by Gasteiger charge is -2.10. The molecule has 0 spiro atoms. The molecule has 0 aromatic carbocycles. The summed E-state index contributed by atoms with van der Waals surface area (Å²) < 4.78 is 0. The lowest BCUT2D eigenvalue weighted by atomic mass is 10.1. The molecule has 3 nitrogen and oxygen atoms in total. The van der Waals surface area contributed by atoms with Crippen molar-refractivity contribution in [1.29, 1.82) is 0 Å². The summed E-state index contributed by atoms with van der Waals surface area (Å²) in [5, 5.41) is 2.91.